The average molecular weight is 458 g/mol. The lowest BCUT2D eigenvalue weighted by molar-refractivity contribution is -0.0572. The van der Waals surface area contributed by atoms with Crippen molar-refractivity contribution >= 4 is 30.7 Å². The van der Waals surface area contributed by atoms with Crippen molar-refractivity contribution in [3.8, 4) is 0 Å². The van der Waals surface area contributed by atoms with Crippen LogP contribution in [0.5, 0.6) is 0 Å². The van der Waals surface area contributed by atoms with Crippen LogP contribution in [0.3, 0.4) is 0 Å². The first kappa shape index (κ1) is 20.1. The molecular weight excluding hydrogens is 427 g/mol. The second-order valence-electron chi connectivity index (χ2n) is 8.15. The normalized spacial score (nSPS) is 22.3. The van der Waals surface area contributed by atoms with Crippen molar-refractivity contribution in [3.05, 3.63) is 44.7 Å². The summed E-state index contributed by atoms with van der Waals surface area (Å²) in [5.41, 5.74) is 1.22. The lowest BCUT2D eigenvalue weighted by Gasteiger charge is -2.38. The molecule has 0 saturated carbocycles. The van der Waals surface area contributed by atoms with E-state index in [-0.39, 0.29) is 12.2 Å². The van der Waals surface area contributed by atoms with Crippen LogP contribution in [-0.4, -0.2) is 26.9 Å². The summed E-state index contributed by atoms with van der Waals surface area (Å²) in [7, 11) is -1.36. The van der Waals surface area contributed by atoms with Crippen LogP contribution >= 0.6 is 22.6 Å². The van der Waals surface area contributed by atoms with E-state index in [9.17, 15) is 0 Å². The maximum absolute atomic E-state index is 6.49. The molecule has 0 aromatic heterocycles. The van der Waals surface area contributed by atoms with Gasteiger partial charge in [-0.25, -0.2) is 0 Å². The summed E-state index contributed by atoms with van der Waals surface area (Å²) in [6, 6.07) is 10.4. The largest absolute Gasteiger partial charge is 0.374 e. The van der Waals surface area contributed by atoms with Gasteiger partial charge in [-0.1, -0.05) is 63.8 Å². The molecule has 1 heterocycles. The molecular formula is C20H31IO2Si. The van der Waals surface area contributed by atoms with Crippen LogP contribution < -0.4 is 0 Å². The highest BCUT2D eigenvalue weighted by atomic mass is 127. The smallest absolute Gasteiger partial charge is 0.0861 e. The SMILES string of the molecule is CC(C)C[C@H]1O[C@@H](COCc2ccccc2)CC(I)=C1[Si](C)(C)C. The Balaban J connectivity index is 1.99. The molecule has 0 fully saturated rings. The van der Waals surface area contributed by atoms with Crippen LogP contribution in [-0.2, 0) is 16.1 Å². The van der Waals surface area contributed by atoms with Gasteiger partial charge < -0.3 is 9.47 Å². The van der Waals surface area contributed by atoms with Gasteiger partial charge in [0.2, 0.25) is 0 Å². The quantitative estimate of drug-likeness (QED) is 0.370. The lowest BCUT2D eigenvalue weighted by Crippen LogP contribution is -2.42. The fourth-order valence-corrected chi connectivity index (χ4v) is 8.64. The molecule has 1 aliphatic rings. The molecule has 0 spiro atoms. The minimum atomic E-state index is -1.36. The number of ether oxygens (including phenoxy) is 2. The zero-order valence-corrected chi connectivity index (χ0v) is 18.8. The number of hydrogen-bond donors (Lipinski definition) is 0. The molecule has 0 radical (unpaired) electrons. The average Bonchev–Trinajstić information content (AvgIpc) is 2.45. The highest BCUT2D eigenvalue weighted by Crippen LogP contribution is 2.38. The van der Waals surface area contributed by atoms with E-state index in [1.807, 2.05) is 6.07 Å². The van der Waals surface area contributed by atoms with Crippen molar-refractivity contribution in [2.45, 2.75) is 65.1 Å². The van der Waals surface area contributed by atoms with E-state index in [2.05, 4.69) is 80.3 Å². The number of hydrogen-bond acceptors (Lipinski definition) is 2. The summed E-state index contributed by atoms with van der Waals surface area (Å²) < 4.78 is 14.0. The molecule has 0 aliphatic carbocycles. The van der Waals surface area contributed by atoms with Gasteiger partial charge in [0, 0.05) is 6.42 Å². The van der Waals surface area contributed by atoms with E-state index >= 15 is 0 Å². The maximum Gasteiger partial charge on any atom is 0.0861 e. The molecule has 134 valence electrons. The third kappa shape index (κ3) is 5.97. The van der Waals surface area contributed by atoms with Crippen LogP contribution in [0.15, 0.2) is 39.1 Å². The van der Waals surface area contributed by atoms with Gasteiger partial charge in [0.05, 0.1) is 33.5 Å². The first-order valence-corrected chi connectivity index (χ1v) is 13.5. The lowest BCUT2D eigenvalue weighted by atomic mass is 10.0. The molecule has 1 aromatic rings. The standard InChI is InChI=1S/C20H31IO2Si/c1-15(2)11-19-20(24(3,4)5)18(21)12-17(23-19)14-22-13-16-9-7-6-8-10-16/h6-10,15,17,19H,11-14H2,1-5H3/t17-,19-/m1/s1. The topological polar surface area (TPSA) is 18.5 Å². The van der Waals surface area contributed by atoms with Crippen LogP contribution in [0, 0.1) is 5.92 Å². The van der Waals surface area contributed by atoms with E-state index in [1.165, 1.54) is 9.14 Å². The second-order valence-corrected chi connectivity index (χ2v) is 14.5. The van der Waals surface area contributed by atoms with E-state index in [0.29, 0.717) is 19.1 Å². The van der Waals surface area contributed by atoms with Crippen LogP contribution in [0.1, 0.15) is 32.3 Å². The van der Waals surface area contributed by atoms with Crippen LogP contribution in [0.25, 0.3) is 0 Å². The van der Waals surface area contributed by atoms with Crippen LogP contribution in [0.2, 0.25) is 19.6 Å². The Morgan fingerprint density at radius 1 is 1.21 bits per heavy atom. The number of rotatable bonds is 7. The Labute approximate surface area is 162 Å². The maximum atomic E-state index is 6.49. The Morgan fingerprint density at radius 2 is 1.88 bits per heavy atom. The van der Waals surface area contributed by atoms with Crippen molar-refractivity contribution in [2.24, 2.45) is 5.92 Å². The molecule has 4 heteroatoms. The zero-order chi connectivity index (χ0) is 17.7. The Morgan fingerprint density at radius 3 is 2.46 bits per heavy atom. The van der Waals surface area contributed by atoms with E-state index in [1.54, 1.807) is 5.20 Å². The van der Waals surface area contributed by atoms with Gasteiger partial charge in [-0.2, -0.15) is 0 Å². The Kier molecular flexibility index (Phi) is 7.52. The highest BCUT2D eigenvalue weighted by Gasteiger charge is 2.36. The summed E-state index contributed by atoms with van der Waals surface area (Å²) in [6.45, 7) is 13.2. The molecule has 2 nitrogen and oxygen atoms in total. The minimum Gasteiger partial charge on any atom is -0.374 e. The van der Waals surface area contributed by atoms with Crippen molar-refractivity contribution in [3.63, 3.8) is 0 Å². The zero-order valence-electron chi connectivity index (χ0n) is 15.6. The van der Waals surface area contributed by atoms with Crippen molar-refractivity contribution in [2.75, 3.05) is 6.61 Å². The second kappa shape index (κ2) is 8.97. The van der Waals surface area contributed by atoms with Gasteiger partial charge in [-0.15, -0.1) is 0 Å². The highest BCUT2D eigenvalue weighted by molar-refractivity contribution is 14.1. The summed E-state index contributed by atoms with van der Waals surface area (Å²) in [4.78, 5) is 0. The van der Waals surface area contributed by atoms with E-state index < -0.39 is 8.07 Å². The van der Waals surface area contributed by atoms with Gasteiger partial charge in [0.1, 0.15) is 0 Å². The fraction of sp³-hybridized carbons (Fsp3) is 0.600. The Hall–Kier alpha value is -0.173. The molecule has 0 saturated heterocycles. The molecule has 2 rings (SSSR count). The summed E-state index contributed by atoms with van der Waals surface area (Å²) in [5.74, 6) is 0.648. The van der Waals surface area contributed by atoms with Gasteiger partial charge >= 0.3 is 0 Å². The molecule has 0 bridgehead atoms. The molecule has 24 heavy (non-hydrogen) atoms. The first-order chi connectivity index (χ1) is 11.3. The van der Waals surface area contributed by atoms with Crippen molar-refractivity contribution in [1.29, 1.82) is 0 Å². The molecule has 0 amide bonds. The van der Waals surface area contributed by atoms with Crippen LogP contribution in [0.4, 0.5) is 0 Å². The molecule has 1 aromatic carbocycles. The predicted molar refractivity (Wildman–Crippen MR) is 113 cm³/mol. The van der Waals surface area contributed by atoms with Crippen molar-refractivity contribution in [1.82, 2.24) is 0 Å². The molecule has 1 aliphatic heterocycles. The third-order valence-electron chi connectivity index (χ3n) is 4.29. The van der Waals surface area contributed by atoms with E-state index in [0.717, 1.165) is 12.8 Å². The third-order valence-corrected chi connectivity index (χ3v) is 8.06. The monoisotopic (exact) mass is 458 g/mol. The van der Waals surface area contributed by atoms with Gasteiger partial charge in [-0.3, -0.25) is 0 Å². The van der Waals surface area contributed by atoms with Gasteiger partial charge in [-0.05, 0) is 49.3 Å². The molecule has 2 atom stereocenters. The molecule has 0 N–H and O–H groups in total. The van der Waals surface area contributed by atoms with E-state index in [4.69, 9.17) is 9.47 Å². The predicted octanol–water partition coefficient (Wildman–Crippen LogP) is 5.97. The fourth-order valence-electron chi connectivity index (χ4n) is 3.31. The Bertz CT molecular complexity index is 549. The first-order valence-electron chi connectivity index (χ1n) is 8.93. The van der Waals surface area contributed by atoms with Gasteiger partial charge in [0.15, 0.2) is 0 Å². The summed E-state index contributed by atoms with van der Waals surface area (Å²) in [6.07, 6.45) is 2.58. The van der Waals surface area contributed by atoms with Gasteiger partial charge in [0.25, 0.3) is 0 Å². The number of halogens is 1. The minimum absolute atomic E-state index is 0.185. The van der Waals surface area contributed by atoms with Crippen molar-refractivity contribution < 1.29 is 9.47 Å². The summed E-state index contributed by atoms with van der Waals surface area (Å²) in [5, 5.41) is 1.62. The molecule has 0 unspecified atom stereocenters. The summed E-state index contributed by atoms with van der Waals surface area (Å²) >= 11 is 2.56. The number of benzene rings is 1.